The highest BCUT2D eigenvalue weighted by Gasteiger charge is 2.60. The fourth-order valence-corrected chi connectivity index (χ4v) is 2.08. The number of benzene rings is 1. The van der Waals surface area contributed by atoms with Crippen LogP contribution >= 0.6 is 0 Å². The molecule has 1 fully saturated rings. The van der Waals surface area contributed by atoms with Crippen LogP contribution in [0.15, 0.2) is 30.3 Å². The number of carbonyl (C=O) groups excluding carboxylic acids is 1. The van der Waals surface area contributed by atoms with E-state index in [0.717, 1.165) is 5.56 Å². The van der Waals surface area contributed by atoms with Crippen molar-refractivity contribution in [3.05, 3.63) is 35.9 Å². The quantitative estimate of drug-likeness (QED) is 0.727. The first-order chi connectivity index (χ1) is 9.95. The Balaban J connectivity index is 1.94. The van der Waals surface area contributed by atoms with Crippen molar-refractivity contribution in [3.8, 4) is 0 Å². The molecule has 7 heteroatoms. The molecule has 0 heterocycles. The molecule has 1 amide bonds. The monoisotopic (exact) mass is 293 g/mol. The fourth-order valence-electron chi connectivity index (χ4n) is 2.08. The number of nitrogens with one attached hydrogen (secondary N) is 1. The maximum Gasteiger partial charge on any atom is 0.408 e. The summed E-state index contributed by atoms with van der Waals surface area (Å²) in [6.07, 6.45) is -0.505. The summed E-state index contributed by atoms with van der Waals surface area (Å²) in [5.41, 5.74) is -0.670. The van der Waals surface area contributed by atoms with Gasteiger partial charge in [-0.3, -0.25) is 4.79 Å². The number of amides is 1. The normalized spacial score (nSPS) is 16.6. The van der Waals surface area contributed by atoms with Crippen molar-refractivity contribution in [1.29, 1.82) is 0 Å². The van der Waals surface area contributed by atoms with Crippen molar-refractivity contribution in [3.63, 3.8) is 0 Å². The van der Waals surface area contributed by atoms with Gasteiger partial charge in [-0.2, -0.15) is 0 Å². The molecule has 0 bridgehead atoms. The van der Waals surface area contributed by atoms with Gasteiger partial charge in [-0.1, -0.05) is 30.3 Å². The second-order valence-corrected chi connectivity index (χ2v) is 4.94. The smallest absolute Gasteiger partial charge is 0.408 e. The molecule has 1 saturated carbocycles. The van der Waals surface area contributed by atoms with E-state index < -0.39 is 29.5 Å². The molecular weight excluding hydrogens is 278 g/mol. The van der Waals surface area contributed by atoms with E-state index in [-0.39, 0.29) is 19.4 Å². The lowest BCUT2D eigenvalue weighted by molar-refractivity contribution is -0.152. The SMILES string of the molecule is O=C(N[C@H](C(=O)O)C1(C(=O)O)CC1)OCc1ccccc1. The minimum absolute atomic E-state index is 0.0148. The second kappa shape index (κ2) is 5.82. The first-order valence-electron chi connectivity index (χ1n) is 6.39. The highest BCUT2D eigenvalue weighted by atomic mass is 16.5. The van der Waals surface area contributed by atoms with Gasteiger partial charge in [-0.25, -0.2) is 9.59 Å². The Morgan fingerprint density at radius 3 is 2.29 bits per heavy atom. The molecule has 112 valence electrons. The van der Waals surface area contributed by atoms with Crippen molar-refractivity contribution in [2.24, 2.45) is 5.41 Å². The van der Waals surface area contributed by atoms with Gasteiger partial charge in [0.15, 0.2) is 0 Å². The molecule has 0 spiro atoms. The lowest BCUT2D eigenvalue weighted by Crippen LogP contribution is -2.50. The van der Waals surface area contributed by atoms with Crippen molar-refractivity contribution in [1.82, 2.24) is 5.32 Å². The number of alkyl carbamates (subject to hydrolysis) is 1. The molecular formula is C14H15NO6. The Labute approximate surface area is 120 Å². The predicted molar refractivity (Wildman–Crippen MR) is 70.5 cm³/mol. The fraction of sp³-hybridized carbons (Fsp3) is 0.357. The molecule has 0 aromatic heterocycles. The Morgan fingerprint density at radius 2 is 1.81 bits per heavy atom. The van der Waals surface area contributed by atoms with Gasteiger partial charge in [0.05, 0.1) is 5.41 Å². The average Bonchev–Trinajstić information content (AvgIpc) is 3.25. The maximum absolute atomic E-state index is 11.6. The van der Waals surface area contributed by atoms with E-state index in [0.29, 0.717) is 0 Å². The molecule has 21 heavy (non-hydrogen) atoms. The molecule has 1 aromatic carbocycles. The van der Waals surface area contributed by atoms with Crippen LogP contribution in [0.3, 0.4) is 0 Å². The summed E-state index contributed by atoms with van der Waals surface area (Å²) < 4.78 is 4.91. The summed E-state index contributed by atoms with van der Waals surface area (Å²) in [6, 6.07) is 7.38. The van der Waals surface area contributed by atoms with Crippen molar-refractivity contribution < 1.29 is 29.3 Å². The van der Waals surface area contributed by atoms with Crippen LogP contribution in [0.1, 0.15) is 18.4 Å². The minimum atomic E-state index is -1.49. The molecule has 1 aliphatic carbocycles. The minimum Gasteiger partial charge on any atom is -0.481 e. The van der Waals surface area contributed by atoms with Crippen LogP contribution in [0.4, 0.5) is 4.79 Å². The second-order valence-electron chi connectivity index (χ2n) is 4.94. The van der Waals surface area contributed by atoms with Gasteiger partial charge in [-0.15, -0.1) is 0 Å². The van der Waals surface area contributed by atoms with Crippen LogP contribution in [-0.2, 0) is 20.9 Å². The number of hydrogen-bond acceptors (Lipinski definition) is 4. The maximum atomic E-state index is 11.6. The molecule has 1 aromatic rings. The number of carboxylic acids is 2. The van der Waals surface area contributed by atoms with E-state index >= 15 is 0 Å². The average molecular weight is 293 g/mol. The van der Waals surface area contributed by atoms with E-state index in [1.165, 1.54) is 0 Å². The van der Waals surface area contributed by atoms with Gasteiger partial charge in [0, 0.05) is 0 Å². The molecule has 0 aliphatic heterocycles. The standard InChI is InChI=1S/C14H15NO6/c16-11(17)10(14(6-7-14)12(18)19)15-13(20)21-8-9-4-2-1-3-5-9/h1-5,10H,6-8H2,(H,15,20)(H,16,17)(H,18,19)/t10-/m1/s1. The van der Waals surface area contributed by atoms with E-state index in [2.05, 4.69) is 5.32 Å². The Bertz CT molecular complexity index is 552. The van der Waals surface area contributed by atoms with Crippen LogP contribution in [0.5, 0.6) is 0 Å². The third kappa shape index (κ3) is 3.31. The molecule has 7 nitrogen and oxygen atoms in total. The van der Waals surface area contributed by atoms with Gasteiger partial charge in [-0.05, 0) is 18.4 Å². The predicted octanol–water partition coefficient (Wildman–Crippen LogP) is 1.23. The molecule has 0 radical (unpaired) electrons. The Morgan fingerprint density at radius 1 is 1.19 bits per heavy atom. The zero-order valence-corrected chi connectivity index (χ0v) is 11.1. The number of rotatable bonds is 6. The molecule has 1 aliphatic rings. The summed E-state index contributed by atoms with van der Waals surface area (Å²) in [6.45, 7) is -0.0148. The summed E-state index contributed by atoms with van der Waals surface area (Å²) in [5, 5.41) is 20.3. The first-order valence-corrected chi connectivity index (χ1v) is 6.39. The Kier molecular flexibility index (Phi) is 4.11. The summed E-state index contributed by atoms with van der Waals surface area (Å²) >= 11 is 0. The molecule has 2 rings (SSSR count). The summed E-state index contributed by atoms with van der Waals surface area (Å²) in [4.78, 5) is 33.9. The van der Waals surface area contributed by atoms with Gasteiger partial charge in [0.25, 0.3) is 0 Å². The summed E-state index contributed by atoms with van der Waals surface area (Å²) in [7, 11) is 0. The van der Waals surface area contributed by atoms with Crippen LogP contribution in [0.25, 0.3) is 0 Å². The number of aliphatic carboxylic acids is 2. The van der Waals surface area contributed by atoms with Gasteiger partial charge in [0.1, 0.15) is 12.6 Å². The topological polar surface area (TPSA) is 113 Å². The lowest BCUT2D eigenvalue weighted by Gasteiger charge is -2.20. The molecule has 0 saturated heterocycles. The molecule has 3 N–H and O–H groups in total. The van der Waals surface area contributed by atoms with Gasteiger partial charge >= 0.3 is 18.0 Å². The van der Waals surface area contributed by atoms with E-state index in [4.69, 9.17) is 14.9 Å². The van der Waals surface area contributed by atoms with Gasteiger partial charge < -0.3 is 20.3 Å². The highest BCUT2D eigenvalue weighted by molar-refractivity contribution is 5.90. The van der Waals surface area contributed by atoms with Crippen molar-refractivity contribution in [2.45, 2.75) is 25.5 Å². The number of carbonyl (C=O) groups is 3. The first kappa shape index (κ1) is 14.8. The summed E-state index contributed by atoms with van der Waals surface area (Å²) in [5.74, 6) is -2.61. The zero-order valence-electron chi connectivity index (χ0n) is 11.1. The molecule has 0 unspecified atom stereocenters. The number of ether oxygens (including phenoxy) is 1. The van der Waals surface area contributed by atoms with Crippen LogP contribution in [0.2, 0.25) is 0 Å². The van der Waals surface area contributed by atoms with Crippen LogP contribution < -0.4 is 5.32 Å². The van der Waals surface area contributed by atoms with Crippen LogP contribution in [0, 0.1) is 5.41 Å². The number of hydrogen-bond donors (Lipinski definition) is 3. The third-order valence-electron chi connectivity index (χ3n) is 3.49. The van der Waals surface area contributed by atoms with Crippen molar-refractivity contribution in [2.75, 3.05) is 0 Å². The highest BCUT2D eigenvalue weighted by Crippen LogP contribution is 2.49. The largest absolute Gasteiger partial charge is 0.481 e. The zero-order chi connectivity index (χ0) is 15.5. The van der Waals surface area contributed by atoms with Crippen LogP contribution in [-0.4, -0.2) is 34.3 Å². The third-order valence-corrected chi connectivity index (χ3v) is 3.49. The van der Waals surface area contributed by atoms with Gasteiger partial charge in [0.2, 0.25) is 0 Å². The van der Waals surface area contributed by atoms with E-state index in [1.807, 2.05) is 6.07 Å². The lowest BCUT2D eigenvalue weighted by atomic mass is 9.97. The Hall–Kier alpha value is -2.57. The van der Waals surface area contributed by atoms with Crippen molar-refractivity contribution >= 4 is 18.0 Å². The number of carboxylic acid groups (broad SMARTS) is 2. The molecule has 1 atom stereocenters. The van der Waals surface area contributed by atoms with E-state index in [1.54, 1.807) is 24.3 Å². The van der Waals surface area contributed by atoms with E-state index in [9.17, 15) is 14.4 Å².